The summed E-state index contributed by atoms with van der Waals surface area (Å²) in [5.41, 5.74) is 3.47. The minimum Gasteiger partial charge on any atom is -0.371 e. The zero-order valence-electron chi connectivity index (χ0n) is 10.3. The maximum absolute atomic E-state index is 11.4. The molecule has 0 aliphatic carbocycles. The van der Waals surface area contributed by atoms with E-state index >= 15 is 0 Å². The summed E-state index contributed by atoms with van der Waals surface area (Å²) < 4.78 is 0. The summed E-state index contributed by atoms with van der Waals surface area (Å²) in [6.07, 6.45) is 1.11. The van der Waals surface area contributed by atoms with E-state index in [1.54, 1.807) is 6.92 Å². The minimum absolute atomic E-state index is 0.152. The Labute approximate surface area is 97.3 Å². The molecule has 0 amide bonds. The smallest absolute Gasteiger partial charge is 0.159 e. The van der Waals surface area contributed by atoms with Gasteiger partial charge >= 0.3 is 0 Å². The van der Waals surface area contributed by atoms with Gasteiger partial charge in [0.05, 0.1) is 0 Å². The van der Waals surface area contributed by atoms with Crippen molar-refractivity contribution in [3.8, 4) is 0 Å². The van der Waals surface area contributed by atoms with Crippen molar-refractivity contribution in [1.29, 1.82) is 0 Å². The third-order valence-corrected chi connectivity index (χ3v) is 3.07. The van der Waals surface area contributed by atoms with Crippen LogP contribution in [0.15, 0.2) is 18.2 Å². The van der Waals surface area contributed by atoms with Crippen LogP contribution in [0.1, 0.15) is 36.7 Å². The largest absolute Gasteiger partial charge is 0.371 e. The number of ketones is 1. The van der Waals surface area contributed by atoms with Gasteiger partial charge in [-0.15, -0.1) is 0 Å². The van der Waals surface area contributed by atoms with Crippen molar-refractivity contribution in [2.75, 3.05) is 18.0 Å². The molecule has 0 aromatic heterocycles. The molecule has 1 aromatic carbocycles. The quantitative estimate of drug-likeness (QED) is 0.726. The first-order valence-corrected chi connectivity index (χ1v) is 5.96. The Hall–Kier alpha value is -1.31. The van der Waals surface area contributed by atoms with Gasteiger partial charge in [0, 0.05) is 24.3 Å². The van der Waals surface area contributed by atoms with Gasteiger partial charge in [-0.05, 0) is 30.9 Å². The molecular weight excluding hydrogens is 198 g/mol. The van der Waals surface area contributed by atoms with Crippen LogP contribution in [0.4, 0.5) is 5.69 Å². The molecule has 0 saturated carbocycles. The number of carbonyl (C=O) groups excluding carboxylic acids is 1. The molecule has 1 heterocycles. The van der Waals surface area contributed by atoms with Crippen LogP contribution in [0.25, 0.3) is 0 Å². The Kier molecular flexibility index (Phi) is 2.99. The number of carbonyl (C=O) groups is 1. The van der Waals surface area contributed by atoms with Crippen LogP contribution < -0.4 is 4.90 Å². The number of nitrogens with zero attached hydrogens (tertiary/aromatic N) is 1. The van der Waals surface area contributed by atoms with E-state index in [0.717, 1.165) is 25.1 Å². The normalized spacial score (nSPS) is 14.4. The fourth-order valence-corrected chi connectivity index (χ4v) is 2.29. The summed E-state index contributed by atoms with van der Waals surface area (Å²) in [6, 6.07) is 6.10. The van der Waals surface area contributed by atoms with Crippen molar-refractivity contribution in [2.24, 2.45) is 5.92 Å². The first-order valence-electron chi connectivity index (χ1n) is 5.96. The Morgan fingerprint density at radius 1 is 1.44 bits per heavy atom. The molecule has 1 aliphatic heterocycles. The van der Waals surface area contributed by atoms with E-state index in [4.69, 9.17) is 0 Å². The van der Waals surface area contributed by atoms with Crippen LogP contribution in [-0.2, 0) is 6.42 Å². The predicted octanol–water partition coefficient (Wildman–Crippen LogP) is 2.91. The Balaban J connectivity index is 2.29. The fraction of sp³-hybridized carbons (Fsp3) is 0.500. The summed E-state index contributed by atoms with van der Waals surface area (Å²) in [5.74, 6) is 0.811. The van der Waals surface area contributed by atoms with Crippen LogP contribution in [0.5, 0.6) is 0 Å². The van der Waals surface area contributed by atoms with E-state index in [1.165, 1.54) is 11.3 Å². The molecule has 0 atom stereocenters. The molecule has 0 bridgehead atoms. The first-order chi connectivity index (χ1) is 7.58. The fourth-order valence-electron chi connectivity index (χ4n) is 2.29. The first kappa shape index (κ1) is 11.2. The summed E-state index contributed by atoms with van der Waals surface area (Å²) in [5, 5.41) is 0. The lowest BCUT2D eigenvalue weighted by Gasteiger charge is -2.21. The van der Waals surface area contributed by atoms with Gasteiger partial charge in [-0.25, -0.2) is 0 Å². The molecule has 86 valence electrons. The van der Waals surface area contributed by atoms with Crippen molar-refractivity contribution in [3.05, 3.63) is 29.3 Å². The van der Waals surface area contributed by atoms with Gasteiger partial charge in [0.2, 0.25) is 0 Å². The van der Waals surface area contributed by atoms with Gasteiger partial charge in [-0.2, -0.15) is 0 Å². The van der Waals surface area contributed by atoms with Gasteiger partial charge in [0.25, 0.3) is 0 Å². The number of anilines is 1. The average Bonchev–Trinajstić information content (AvgIpc) is 2.60. The highest BCUT2D eigenvalue weighted by Crippen LogP contribution is 2.29. The maximum atomic E-state index is 11.4. The Morgan fingerprint density at radius 2 is 2.19 bits per heavy atom. The van der Waals surface area contributed by atoms with E-state index in [0.29, 0.717) is 5.92 Å². The van der Waals surface area contributed by atoms with Crippen LogP contribution in [-0.4, -0.2) is 18.9 Å². The van der Waals surface area contributed by atoms with Crippen LogP contribution in [0, 0.1) is 5.92 Å². The second kappa shape index (κ2) is 4.28. The highest BCUT2D eigenvalue weighted by Gasteiger charge is 2.20. The van der Waals surface area contributed by atoms with Crippen LogP contribution in [0.3, 0.4) is 0 Å². The van der Waals surface area contributed by atoms with E-state index in [1.807, 2.05) is 12.1 Å². The second-order valence-corrected chi connectivity index (χ2v) is 4.99. The van der Waals surface area contributed by atoms with Gasteiger partial charge in [-0.1, -0.05) is 26.0 Å². The highest BCUT2D eigenvalue weighted by molar-refractivity contribution is 5.95. The topological polar surface area (TPSA) is 20.3 Å². The number of fused-ring (bicyclic) bond motifs is 1. The van der Waals surface area contributed by atoms with Crippen molar-refractivity contribution < 1.29 is 4.79 Å². The number of benzene rings is 1. The molecule has 2 heteroatoms. The van der Waals surface area contributed by atoms with E-state index in [2.05, 4.69) is 24.8 Å². The standard InChI is InChI=1S/C14H19NO/c1-10(2)9-15-7-6-12-4-5-13(11(3)16)8-14(12)15/h4-5,8,10H,6-7,9H2,1-3H3. The lowest BCUT2D eigenvalue weighted by atomic mass is 10.1. The molecule has 0 N–H and O–H groups in total. The minimum atomic E-state index is 0.152. The van der Waals surface area contributed by atoms with Gasteiger partial charge in [0.1, 0.15) is 0 Å². The molecular formula is C14H19NO. The molecule has 0 unspecified atom stereocenters. The average molecular weight is 217 g/mol. The third-order valence-electron chi connectivity index (χ3n) is 3.07. The molecule has 1 aromatic rings. The zero-order chi connectivity index (χ0) is 11.7. The lowest BCUT2D eigenvalue weighted by Crippen LogP contribution is -2.25. The van der Waals surface area contributed by atoms with Gasteiger partial charge < -0.3 is 4.90 Å². The van der Waals surface area contributed by atoms with Crippen LogP contribution >= 0.6 is 0 Å². The third kappa shape index (κ3) is 2.11. The van der Waals surface area contributed by atoms with Crippen molar-refractivity contribution in [1.82, 2.24) is 0 Å². The maximum Gasteiger partial charge on any atom is 0.159 e. The number of rotatable bonds is 3. The molecule has 0 radical (unpaired) electrons. The SMILES string of the molecule is CC(=O)c1ccc2c(c1)N(CC(C)C)CC2. The van der Waals surface area contributed by atoms with Crippen molar-refractivity contribution >= 4 is 11.5 Å². The summed E-state index contributed by atoms with van der Waals surface area (Å²) in [7, 11) is 0. The van der Waals surface area contributed by atoms with E-state index < -0.39 is 0 Å². The highest BCUT2D eigenvalue weighted by atomic mass is 16.1. The predicted molar refractivity (Wildman–Crippen MR) is 67.2 cm³/mol. The number of hydrogen-bond donors (Lipinski definition) is 0. The molecule has 0 saturated heterocycles. The molecule has 1 aliphatic rings. The summed E-state index contributed by atoms with van der Waals surface area (Å²) in [4.78, 5) is 13.8. The zero-order valence-corrected chi connectivity index (χ0v) is 10.3. The Bertz CT molecular complexity index is 409. The summed E-state index contributed by atoms with van der Waals surface area (Å²) in [6.45, 7) is 8.26. The molecule has 0 spiro atoms. The number of hydrogen-bond acceptors (Lipinski definition) is 2. The van der Waals surface area contributed by atoms with Crippen molar-refractivity contribution in [3.63, 3.8) is 0 Å². The molecule has 16 heavy (non-hydrogen) atoms. The molecule has 2 nitrogen and oxygen atoms in total. The Morgan fingerprint density at radius 3 is 2.81 bits per heavy atom. The van der Waals surface area contributed by atoms with E-state index in [-0.39, 0.29) is 5.78 Å². The second-order valence-electron chi connectivity index (χ2n) is 4.99. The van der Waals surface area contributed by atoms with Gasteiger partial charge in [0.15, 0.2) is 5.78 Å². The molecule has 0 fully saturated rings. The summed E-state index contributed by atoms with van der Waals surface area (Å²) >= 11 is 0. The molecule has 2 rings (SSSR count). The van der Waals surface area contributed by atoms with Gasteiger partial charge in [-0.3, -0.25) is 4.79 Å². The monoisotopic (exact) mass is 217 g/mol. The van der Waals surface area contributed by atoms with E-state index in [9.17, 15) is 4.79 Å². The number of Topliss-reactive ketones (excluding diaryl/α,β-unsaturated/α-hetero) is 1. The lowest BCUT2D eigenvalue weighted by molar-refractivity contribution is 0.101. The van der Waals surface area contributed by atoms with Crippen LogP contribution in [0.2, 0.25) is 0 Å². The van der Waals surface area contributed by atoms with Crippen molar-refractivity contribution in [2.45, 2.75) is 27.2 Å².